The van der Waals surface area contributed by atoms with Crippen molar-refractivity contribution in [1.82, 2.24) is 0 Å². The molecule has 0 N–H and O–H groups in total. The summed E-state index contributed by atoms with van der Waals surface area (Å²) in [5.74, 6) is 0. The van der Waals surface area contributed by atoms with Gasteiger partial charge in [0.05, 0.1) is 11.2 Å². The summed E-state index contributed by atoms with van der Waals surface area (Å²) in [6.45, 7) is 10.6. The molecule has 3 heteroatoms. The number of hydrogen-bond donors (Lipinski definition) is 0. The van der Waals surface area contributed by atoms with Crippen LogP contribution in [0.1, 0.15) is 56.4 Å². The molecule has 1 heterocycles. The topological polar surface area (TPSA) is 18.5 Å². The second kappa shape index (κ2) is 6.11. The third kappa shape index (κ3) is 2.84. The molecule has 0 spiro atoms. The highest BCUT2D eigenvalue weighted by Crippen LogP contribution is 2.44. The Bertz CT molecular complexity index is 849. The quantitative estimate of drug-likeness (QED) is 0.680. The van der Waals surface area contributed by atoms with Crippen molar-refractivity contribution in [1.29, 1.82) is 0 Å². The number of benzene rings is 2. The van der Waals surface area contributed by atoms with Crippen molar-refractivity contribution in [3.63, 3.8) is 0 Å². The number of aryl methyl sites for hydroxylation is 2. The van der Waals surface area contributed by atoms with Crippen LogP contribution in [0.3, 0.4) is 0 Å². The summed E-state index contributed by atoms with van der Waals surface area (Å²) < 4.78 is 12.8. The van der Waals surface area contributed by atoms with Crippen molar-refractivity contribution in [3.05, 3.63) is 76.3 Å². The smallest absolute Gasteiger partial charge is 0.400 e. The van der Waals surface area contributed by atoms with E-state index in [1.54, 1.807) is 0 Å². The zero-order chi connectivity index (χ0) is 18.5. The highest BCUT2D eigenvalue weighted by Gasteiger charge is 2.53. The van der Waals surface area contributed by atoms with Crippen LogP contribution in [-0.4, -0.2) is 18.3 Å². The van der Waals surface area contributed by atoms with Gasteiger partial charge >= 0.3 is 7.12 Å². The van der Waals surface area contributed by atoms with Crippen molar-refractivity contribution < 1.29 is 9.31 Å². The Balaban J connectivity index is 1.89. The first-order chi connectivity index (χ1) is 12.3. The van der Waals surface area contributed by atoms with E-state index in [1.807, 2.05) is 0 Å². The van der Waals surface area contributed by atoms with Gasteiger partial charge in [-0.25, -0.2) is 0 Å². The zero-order valence-electron chi connectivity index (χ0n) is 16.4. The van der Waals surface area contributed by atoms with Crippen molar-refractivity contribution >= 4 is 12.7 Å². The molecule has 134 valence electrons. The molecule has 1 fully saturated rings. The van der Waals surface area contributed by atoms with Gasteiger partial charge in [0.2, 0.25) is 0 Å². The first-order valence-electron chi connectivity index (χ1n) is 9.52. The Morgan fingerprint density at radius 2 is 1.50 bits per heavy atom. The largest absolute Gasteiger partial charge is 0.491 e. The van der Waals surface area contributed by atoms with Crippen LogP contribution in [0.4, 0.5) is 0 Å². The van der Waals surface area contributed by atoms with Crippen LogP contribution in [0.5, 0.6) is 0 Å². The van der Waals surface area contributed by atoms with Gasteiger partial charge in [0, 0.05) is 0 Å². The SMILES string of the molecule is Cc1ccc2c(c1)C(c1ccccc1)=C(B1OC(C)(C)C(C)(C)O1)CC2. The Hall–Kier alpha value is -1.84. The molecule has 2 aliphatic rings. The third-order valence-corrected chi connectivity index (χ3v) is 6.12. The standard InChI is InChI=1S/C23H27BO2/c1-16-11-12-17-13-14-20(24-25-22(2,3)23(4,5)26-24)21(19(17)15-16)18-9-7-6-8-10-18/h6-12,15H,13-14H2,1-5H3. The minimum absolute atomic E-state index is 0.288. The zero-order valence-corrected chi connectivity index (χ0v) is 16.4. The highest BCUT2D eigenvalue weighted by atomic mass is 16.7. The normalized spacial score (nSPS) is 21.0. The van der Waals surface area contributed by atoms with Crippen LogP contribution in [-0.2, 0) is 15.7 Å². The first-order valence-corrected chi connectivity index (χ1v) is 9.52. The van der Waals surface area contributed by atoms with Gasteiger partial charge in [-0.15, -0.1) is 0 Å². The van der Waals surface area contributed by atoms with Gasteiger partial charge in [-0.3, -0.25) is 0 Å². The van der Waals surface area contributed by atoms with Crippen molar-refractivity contribution in [2.45, 2.75) is 58.7 Å². The molecule has 0 saturated carbocycles. The number of fused-ring (bicyclic) bond motifs is 1. The maximum atomic E-state index is 6.42. The molecule has 1 aliphatic heterocycles. The molecule has 0 unspecified atom stereocenters. The van der Waals surface area contributed by atoms with Crippen molar-refractivity contribution in [3.8, 4) is 0 Å². The Labute approximate surface area is 157 Å². The highest BCUT2D eigenvalue weighted by molar-refractivity contribution is 6.56. The van der Waals surface area contributed by atoms with Crippen LogP contribution in [0, 0.1) is 6.92 Å². The van der Waals surface area contributed by atoms with E-state index in [0.29, 0.717) is 0 Å². The number of allylic oxidation sites excluding steroid dienone is 1. The van der Waals surface area contributed by atoms with Crippen molar-refractivity contribution in [2.75, 3.05) is 0 Å². The molecule has 4 rings (SSSR count). The summed E-state index contributed by atoms with van der Waals surface area (Å²) in [7, 11) is -0.288. The van der Waals surface area contributed by atoms with E-state index in [9.17, 15) is 0 Å². The molecule has 0 aromatic heterocycles. The Morgan fingerprint density at radius 3 is 2.15 bits per heavy atom. The van der Waals surface area contributed by atoms with Gasteiger partial charge in [-0.05, 0) is 75.2 Å². The summed E-state index contributed by atoms with van der Waals surface area (Å²) >= 11 is 0. The minimum Gasteiger partial charge on any atom is -0.400 e. The lowest BCUT2D eigenvalue weighted by Crippen LogP contribution is -2.41. The average molecular weight is 346 g/mol. The van der Waals surface area contributed by atoms with E-state index in [0.717, 1.165) is 12.8 Å². The molecule has 26 heavy (non-hydrogen) atoms. The molecule has 0 atom stereocenters. The monoisotopic (exact) mass is 346 g/mol. The van der Waals surface area contributed by atoms with Gasteiger partial charge in [0.1, 0.15) is 0 Å². The van der Waals surface area contributed by atoms with Gasteiger partial charge < -0.3 is 9.31 Å². The predicted molar refractivity (Wildman–Crippen MR) is 108 cm³/mol. The Kier molecular flexibility index (Phi) is 4.13. The predicted octanol–water partition coefficient (Wildman–Crippen LogP) is 5.37. The summed E-state index contributed by atoms with van der Waals surface area (Å²) in [5, 5.41) is 0. The molecular formula is C23H27BO2. The molecule has 0 amide bonds. The van der Waals surface area contributed by atoms with Crippen LogP contribution >= 0.6 is 0 Å². The van der Waals surface area contributed by atoms with Crippen molar-refractivity contribution in [2.24, 2.45) is 0 Å². The molecule has 2 aromatic carbocycles. The maximum absolute atomic E-state index is 6.42. The van der Waals surface area contributed by atoms with E-state index in [2.05, 4.69) is 83.1 Å². The van der Waals surface area contributed by atoms with E-state index < -0.39 is 0 Å². The second-order valence-corrected chi connectivity index (χ2v) is 8.52. The summed E-state index contributed by atoms with van der Waals surface area (Å²) in [6.07, 6.45) is 2.00. The van der Waals surface area contributed by atoms with Gasteiger partial charge in [0.25, 0.3) is 0 Å². The maximum Gasteiger partial charge on any atom is 0.491 e. The second-order valence-electron chi connectivity index (χ2n) is 8.52. The van der Waals surface area contributed by atoms with Gasteiger partial charge in [-0.2, -0.15) is 0 Å². The molecule has 2 aromatic rings. The summed E-state index contributed by atoms with van der Waals surface area (Å²) in [5.41, 5.74) is 7.18. The first kappa shape index (κ1) is 17.6. The fourth-order valence-corrected chi connectivity index (χ4v) is 3.88. The lowest BCUT2D eigenvalue weighted by Gasteiger charge is -2.32. The fraction of sp³-hybridized carbons (Fsp3) is 0.391. The molecule has 1 aliphatic carbocycles. The van der Waals surface area contributed by atoms with E-state index in [1.165, 1.54) is 33.3 Å². The lowest BCUT2D eigenvalue weighted by molar-refractivity contribution is 0.00578. The fourth-order valence-electron chi connectivity index (χ4n) is 3.88. The van der Waals surface area contributed by atoms with Gasteiger partial charge in [0.15, 0.2) is 0 Å². The minimum atomic E-state index is -0.320. The Morgan fingerprint density at radius 1 is 0.846 bits per heavy atom. The third-order valence-electron chi connectivity index (χ3n) is 6.12. The molecule has 0 radical (unpaired) electrons. The van der Waals surface area contributed by atoms with Crippen LogP contribution in [0.2, 0.25) is 0 Å². The van der Waals surface area contributed by atoms with Crippen LogP contribution in [0.25, 0.3) is 5.57 Å². The molecular weight excluding hydrogens is 319 g/mol. The van der Waals surface area contributed by atoms with Crippen LogP contribution in [0.15, 0.2) is 54.0 Å². The summed E-state index contributed by atoms with van der Waals surface area (Å²) in [6, 6.07) is 17.5. The summed E-state index contributed by atoms with van der Waals surface area (Å²) in [4.78, 5) is 0. The average Bonchev–Trinajstić information content (AvgIpc) is 2.82. The molecule has 0 bridgehead atoms. The van der Waals surface area contributed by atoms with E-state index in [-0.39, 0.29) is 18.3 Å². The number of rotatable bonds is 2. The molecule has 2 nitrogen and oxygen atoms in total. The van der Waals surface area contributed by atoms with Crippen LogP contribution < -0.4 is 0 Å². The molecule has 1 saturated heterocycles. The van der Waals surface area contributed by atoms with E-state index >= 15 is 0 Å². The van der Waals surface area contributed by atoms with Gasteiger partial charge in [-0.1, -0.05) is 54.1 Å². The van der Waals surface area contributed by atoms with E-state index in [4.69, 9.17) is 9.31 Å². The number of hydrogen-bond acceptors (Lipinski definition) is 2. The lowest BCUT2D eigenvalue weighted by atomic mass is 9.66.